The molecule has 0 aliphatic rings. The Morgan fingerprint density at radius 3 is 2.77 bits per heavy atom. The van der Waals surface area contributed by atoms with Crippen molar-refractivity contribution in [3.8, 4) is 5.75 Å². The van der Waals surface area contributed by atoms with Crippen LogP contribution < -0.4 is 10.5 Å². The van der Waals surface area contributed by atoms with Crippen molar-refractivity contribution in [2.24, 2.45) is 0 Å². The van der Waals surface area contributed by atoms with Gasteiger partial charge in [0, 0.05) is 6.07 Å². The van der Waals surface area contributed by atoms with Gasteiger partial charge in [-0.05, 0) is 18.2 Å². The van der Waals surface area contributed by atoms with Crippen LogP contribution in [0, 0.1) is 5.21 Å². The van der Waals surface area contributed by atoms with E-state index < -0.39 is 0 Å². The summed E-state index contributed by atoms with van der Waals surface area (Å²) in [5.74, 6) is 0.0643. The first-order valence-corrected chi connectivity index (χ1v) is 3.79. The summed E-state index contributed by atoms with van der Waals surface area (Å²) in [6.07, 6.45) is 1.35. The highest BCUT2D eigenvalue weighted by Gasteiger charge is 2.10. The summed E-state index contributed by atoms with van der Waals surface area (Å²) in [4.78, 5) is 0. The molecule has 0 aliphatic heterocycles. The fourth-order valence-corrected chi connectivity index (χ4v) is 1.32. The van der Waals surface area contributed by atoms with Gasteiger partial charge in [-0.3, -0.25) is 0 Å². The molecule has 2 aromatic rings. The summed E-state index contributed by atoms with van der Waals surface area (Å²) in [7, 11) is 0. The van der Waals surface area contributed by atoms with Crippen LogP contribution in [0.2, 0.25) is 0 Å². The zero-order valence-electron chi connectivity index (χ0n) is 6.77. The minimum atomic E-state index is 0.0643. The first-order valence-electron chi connectivity index (χ1n) is 3.79. The Morgan fingerprint density at radius 2 is 2.08 bits per heavy atom. The molecule has 0 amide bonds. The second-order valence-electron chi connectivity index (χ2n) is 2.77. The Balaban J connectivity index is 3.00. The molecule has 0 fully saturated rings. The Morgan fingerprint density at radius 1 is 1.31 bits per heavy atom. The van der Waals surface area contributed by atoms with Crippen LogP contribution in [0.5, 0.6) is 5.75 Å². The summed E-state index contributed by atoms with van der Waals surface area (Å²) in [6.45, 7) is 0. The molecule has 1 heterocycles. The third kappa shape index (κ3) is 1.03. The number of rotatable bonds is 0. The number of nitrogens with zero attached hydrogens (tertiary/aromatic N) is 1. The third-order valence-electron chi connectivity index (χ3n) is 1.93. The van der Waals surface area contributed by atoms with Crippen molar-refractivity contribution >= 4 is 16.6 Å². The van der Waals surface area contributed by atoms with Crippen LogP contribution in [-0.2, 0) is 0 Å². The number of benzene rings is 1. The number of anilines is 1. The summed E-state index contributed by atoms with van der Waals surface area (Å²) in [6, 6.07) is 6.19. The molecule has 13 heavy (non-hydrogen) atoms. The van der Waals surface area contributed by atoms with E-state index in [1.807, 2.05) is 0 Å². The van der Waals surface area contributed by atoms with Gasteiger partial charge >= 0.3 is 0 Å². The number of fused-ring (bicyclic) bond motifs is 1. The van der Waals surface area contributed by atoms with E-state index in [0.29, 0.717) is 21.3 Å². The maximum Gasteiger partial charge on any atom is 0.250 e. The number of nitrogens with two attached hydrogens (primary N) is 1. The lowest BCUT2D eigenvalue weighted by atomic mass is 10.2. The van der Waals surface area contributed by atoms with E-state index in [2.05, 4.69) is 0 Å². The number of aromatic hydroxyl groups is 1. The average Bonchev–Trinajstić information content (AvgIpc) is 2.12. The van der Waals surface area contributed by atoms with Crippen molar-refractivity contribution in [2.75, 3.05) is 5.73 Å². The van der Waals surface area contributed by atoms with Gasteiger partial charge in [0.15, 0.2) is 6.20 Å². The predicted molar refractivity (Wildman–Crippen MR) is 49.0 cm³/mol. The molecule has 0 aliphatic carbocycles. The Hall–Kier alpha value is -1.97. The van der Waals surface area contributed by atoms with E-state index in [1.165, 1.54) is 18.3 Å². The van der Waals surface area contributed by atoms with Crippen LogP contribution in [-0.4, -0.2) is 5.11 Å². The number of nitrogen functional groups attached to an aromatic ring is 1. The molecule has 3 N–H and O–H groups in total. The van der Waals surface area contributed by atoms with E-state index in [0.717, 1.165) is 0 Å². The maximum absolute atomic E-state index is 11.3. The number of aromatic nitrogens is 1. The monoisotopic (exact) mass is 176 g/mol. The maximum atomic E-state index is 11.3. The zero-order valence-corrected chi connectivity index (χ0v) is 6.77. The molecule has 0 saturated heterocycles. The number of hydrogen-bond donors (Lipinski definition) is 2. The van der Waals surface area contributed by atoms with Crippen LogP contribution in [0.25, 0.3) is 10.9 Å². The number of hydrogen-bond acceptors (Lipinski definition) is 3. The van der Waals surface area contributed by atoms with E-state index in [-0.39, 0.29) is 5.75 Å². The quantitative estimate of drug-likeness (QED) is 0.269. The van der Waals surface area contributed by atoms with E-state index in [4.69, 9.17) is 5.73 Å². The summed E-state index contributed by atoms with van der Waals surface area (Å²) < 4.78 is 0.643. The van der Waals surface area contributed by atoms with Crippen molar-refractivity contribution in [1.29, 1.82) is 0 Å². The molecule has 0 bridgehead atoms. The standard InChI is InChI=1S/C9H8N2O2/c10-7-3-4-8(12)6-2-1-5-11(13)9(6)7/h1-5,12H,10H2. The lowest BCUT2D eigenvalue weighted by Crippen LogP contribution is -2.26. The van der Waals surface area contributed by atoms with Crippen molar-refractivity contribution in [3.05, 3.63) is 35.7 Å². The van der Waals surface area contributed by atoms with Gasteiger partial charge in [0.05, 0.1) is 5.39 Å². The minimum Gasteiger partial charge on any atom is -0.618 e. The van der Waals surface area contributed by atoms with E-state index >= 15 is 0 Å². The molecule has 0 unspecified atom stereocenters. The molecule has 0 atom stereocenters. The molecule has 2 rings (SSSR count). The lowest BCUT2D eigenvalue weighted by molar-refractivity contribution is -0.576. The summed E-state index contributed by atoms with van der Waals surface area (Å²) in [5, 5.41) is 21.2. The molecular formula is C9H8N2O2. The Kier molecular flexibility index (Phi) is 1.48. The SMILES string of the molecule is Nc1ccc(O)c2ccc[n+]([O-])c12. The van der Waals surface area contributed by atoms with Gasteiger partial charge in [0.25, 0.3) is 5.52 Å². The van der Waals surface area contributed by atoms with Crippen molar-refractivity contribution in [3.63, 3.8) is 0 Å². The molecule has 0 spiro atoms. The molecule has 0 radical (unpaired) electrons. The second kappa shape index (κ2) is 2.52. The first kappa shape index (κ1) is 7.67. The van der Waals surface area contributed by atoms with E-state index in [1.54, 1.807) is 12.1 Å². The summed E-state index contributed by atoms with van der Waals surface area (Å²) in [5.41, 5.74) is 6.27. The molecular weight excluding hydrogens is 168 g/mol. The van der Waals surface area contributed by atoms with Crippen molar-refractivity contribution < 1.29 is 9.84 Å². The topological polar surface area (TPSA) is 73.2 Å². The number of phenolic OH excluding ortho intramolecular Hbond substituents is 1. The largest absolute Gasteiger partial charge is 0.618 e. The lowest BCUT2D eigenvalue weighted by Gasteiger charge is -2.04. The zero-order chi connectivity index (χ0) is 9.42. The average molecular weight is 176 g/mol. The van der Waals surface area contributed by atoms with Crippen molar-refractivity contribution in [2.45, 2.75) is 0 Å². The highest BCUT2D eigenvalue weighted by Crippen LogP contribution is 2.25. The molecule has 1 aromatic carbocycles. The van der Waals surface area contributed by atoms with Gasteiger partial charge in [-0.15, -0.1) is 0 Å². The second-order valence-corrected chi connectivity index (χ2v) is 2.77. The number of pyridine rings is 1. The van der Waals surface area contributed by atoms with Crippen LogP contribution in [0.1, 0.15) is 0 Å². The molecule has 1 aromatic heterocycles. The highest BCUT2D eigenvalue weighted by atomic mass is 16.5. The fourth-order valence-electron chi connectivity index (χ4n) is 1.32. The van der Waals surface area contributed by atoms with Gasteiger partial charge < -0.3 is 16.0 Å². The minimum absolute atomic E-state index is 0.0643. The van der Waals surface area contributed by atoms with Crippen molar-refractivity contribution in [1.82, 2.24) is 0 Å². The number of phenols is 1. The normalized spacial score (nSPS) is 10.5. The Labute approximate surface area is 74.4 Å². The molecule has 4 heteroatoms. The third-order valence-corrected chi connectivity index (χ3v) is 1.93. The molecule has 4 nitrogen and oxygen atoms in total. The molecule has 66 valence electrons. The van der Waals surface area contributed by atoms with Crippen LogP contribution >= 0.6 is 0 Å². The van der Waals surface area contributed by atoms with E-state index in [9.17, 15) is 10.3 Å². The van der Waals surface area contributed by atoms with Crippen LogP contribution in [0.3, 0.4) is 0 Å². The predicted octanol–water partition coefficient (Wildman–Crippen LogP) is 0.761. The smallest absolute Gasteiger partial charge is 0.250 e. The molecule has 0 saturated carbocycles. The van der Waals surface area contributed by atoms with Gasteiger partial charge in [0.2, 0.25) is 0 Å². The van der Waals surface area contributed by atoms with Gasteiger partial charge in [-0.2, -0.15) is 4.73 Å². The summed E-state index contributed by atoms with van der Waals surface area (Å²) >= 11 is 0. The van der Waals surface area contributed by atoms with Crippen LogP contribution in [0.4, 0.5) is 5.69 Å². The highest BCUT2D eigenvalue weighted by molar-refractivity contribution is 5.91. The Bertz CT molecular complexity index is 460. The van der Waals surface area contributed by atoms with Gasteiger partial charge in [0.1, 0.15) is 11.4 Å². The van der Waals surface area contributed by atoms with Crippen LogP contribution in [0.15, 0.2) is 30.5 Å². The fraction of sp³-hybridized carbons (Fsp3) is 0. The van der Waals surface area contributed by atoms with Gasteiger partial charge in [-0.25, -0.2) is 0 Å². The first-order chi connectivity index (χ1) is 6.20. The van der Waals surface area contributed by atoms with Gasteiger partial charge in [-0.1, -0.05) is 0 Å².